The summed E-state index contributed by atoms with van der Waals surface area (Å²) < 4.78 is 0. The van der Waals surface area contributed by atoms with E-state index in [4.69, 9.17) is 11.5 Å². The Bertz CT molecular complexity index is 943. The monoisotopic (exact) mass is 334 g/mol. The maximum atomic E-state index is 12.5. The van der Waals surface area contributed by atoms with Crippen molar-refractivity contribution in [2.75, 3.05) is 11.1 Å². The first kappa shape index (κ1) is 16.1. The van der Waals surface area contributed by atoms with E-state index in [0.29, 0.717) is 16.9 Å². The molecule has 0 aliphatic carbocycles. The fourth-order valence-corrected chi connectivity index (χ4v) is 2.16. The number of anilines is 2. The molecule has 0 aliphatic heterocycles. The lowest BCUT2D eigenvalue weighted by molar-refractivity contribution is 0.0995. The summed E-state index contributed by atoms with van der Waals surface area (Å²) in [6.45, 7) is 0. The number of nitrogens with two attached hydrogens (primary N) is 2. The summed E-state index contributed by atoms with van der Waals surface area (Å²) in [4.78, 5) is 36.0. The largest absolute Gasteiger partial charge is 0.382 e. The molecule has 3 rings (SSSR count). The van der Waals surface area contributed by atoms with Gasteiger partial charge in [0, 0.05) is 29.2 Å². The third kappa shape index (κ3) is 3.58. The van der Waals surface area contributed by atoms with E-state index in [-0.39, 0.29) is 17.1 Å². The minimum absolute atomic E-state index is 0.00352. The summed E-state index contributed by atoms with van der Waals surface area (Å²) in [5.41, 5.74) is 12.8. The zero-order valence-electron chi connectivity index (χ0n) is 13.0. The van der Waals surface area contributed by atoms with Crippen LogP contribution in [0.1, 0.15) is 20.8 Å². The predicted octanol–water partition coefficient (Wildman–Crippen LogP) is 1.47. The zero-order chi connectivity index (χ0) is 17.8. The topological polar surface area (TPSA) is 137 Å². The minimum Gasteiger partial charge on any atom is -0.382 e. The number of aromatic nitrogens is 3. The molecule has 0 saturated heterocycles. The van der Waals surface area contributed by atoms with Gasteiger partial charge in [0.1, 0.15) is 0 Å². The smallest absolute Gasteiger partial charge is 0.278 e. The molecule has 2 amide bonds. The van der Waals surface area contributed by atoms with Crippen molar-refractivity contribution in [3.05, 3.63) is 66.2 Å². The number of benzene rings is 1. The summed E-state index contributed by atoms with van der Waals surface area (Å²) in [6, 6.07) is 9.80. The number of nitrogens with zero attached hydrogens (tertiary/aromatic N) is 3. The lowest BCUT2D eigenvalue weighted by atomic mass is 10.2. The van der Waals surface area contributed by atoms with Crippen LogP contribution in [0.2, 0.25) is 0 Å². The van der Waals surface area contributed by atoms with E-state index >= 15 is 0 Å². The second-order valence-electron chi connectivity index (χ2n) is 5.13. The molecule has 0 aliphatic rings. The van der Waals surface area contributed by atoms with Crippen LogP contribution in [0.5, 0.6) is 0 Å². The molecule has 0 atom stereocenters. The van der Waals surface area contributed by atoms with Gasteiger partial charge in [0.15, 0.2) is 11.5 Å². The first-order valence-electron chi connectivity index (χ1n) is 7.29. The van der Waals surface area contributed by atoms with Crippen LogP contribution in [0.4, 0.5) is 11.5 Å². The molecule has 5 N–H and O–H groups in total. The summed E-state index contributed by atoms with van der Waals surface area (Å²) in [6.07, 6.45) is 4.71. The summed E-state index contributed by atoms with van der Waals surface area (Å²) in [5.74, 6) is -1.14. The van der Waals surface area contributed by atoms with Gasteiger partial charge in [-0.05, 0) is 30.3 Å². The number of hydrogen-bond donors (Lipinski definition) is 3. The second-order valence-corrected chi connectivity index (χ2v) is 5.13. The van der Waals surface area contributed by atoms with Crippen molar-refractivity contribution in [2.45, 2.75) is 0 Å². The molecule has 25 heavy (non-hydrogen) atoms. The van der Waals surface area contributed by atoms with Crippen molar-refractivity contribution in [2.24, 2.45) is 5.73 Å². The Morgan fingerprint density at radius 3 is 2.64 bits per heavy atom. The normalized spacial score (nSPS) is 10.2. The molecule has 0 saturated carbocycles. The van der Waals surface area contributed by atoms with Crippen LogP contribution < -0.4 is 16.8 Å². The molecular weight excluding hydrogens is 320 g/mol. The predicted molar refractivity (Wildman–Crippen MR) is 92.6 cm³/mol. The maximum absolute atomic E-state index is 12.5. The van der Waals surface area contributed by atoms with Crippen molar-refractivity contribution in [3.63, 3.8) is 0 Å². The minimum atomic E-state index is -0.589. The number of hydrogen-bond acceptors (Lipinski definition) is 6. The van der Waals surface area contributed by atoms with Gasteiger partial charge in [0.2, 0.25) is 5.91 Å². The highest BCUT2D eigenvalue weighted by molar-refractivity contribution is 6.06. The molecular formula is C17H14N6O2. The van der Waals surface area contributed by atoms with Crippen molar-refractivity contribution >= 4 is 23.3 Å². The molecule has 8 heteroatoms. The standard InChI is InChI=1S/C17H14N6O2/c18-15-14(23-13(9-21-15)11-4-2-6-20-8-11)17(25)22-12-5-1-3-10(7-12)16(19)24/h1-9H,(H2,18,21)(H2,19,24)(H,22,25). The van der Waals surface area contributed by atoms with Crippen molar-refractivity contribution < 1.29 is 9.59 Å². The first-order valence-corrected chi connectivity index (χ1v) is 7.29. The van der Waals surface area contributed by atoms with E-state index < -0.39 is 11.8 Å². The van der Waals surface area contributed by atoms with Crippen LogP contribution in [0.25, 0.3) is 11.3 Å². The van der Waals surface area contributed by atoms with Gasteiger partial charge in [0.05, 0.1) is 11.9 Å². The summed E-state index contributed by atoms with van der Waals surface area (Å²) >= 11 is 0. The van der Waals surface area contributed by atoms with Crippen LogP contribution in [0.15, 0.2) is 55.0 Å². The average molecular weight is 334 g/mol. The molecule has 0 spiro atoms. The van der Waals surface area contributed by atoms with Crippen LogP contribution in [0, 0.1) is 0 Å². The van der Waals surface area contributed by atoms with Crippen LogP contribution >= 0.6 is 0 Å². The number of nitrogen functional groups attached to an aromatic ring is 1. The molecule has 0 radical (unpaired) electrons. The highest BCUT2D eigenvalue weighted by Crippen LogP contribution is 2.18. The Morgan fingerprint density at radius 2 is 1.92 bits per heavy atom. The SMILES string of the molecule is NC(=O)c1cccc(NC(=O)c2nc(-c3cccnc3)cnc2N)c1. The van der Waals surface area contributed by atoms with Crippen LogP contribution in [-0.4, -0.2) is 26.8 Å². The first-order chi connectivity index (χ1) is 12.0. The van der Waals surface area contributed by atoms with Gasteiger partial charge < -0.3 is 16.8 Å². The Labute approximate surface area is 142 Å². The fraction of sp³-hybridized carbons (Fsp3) is 0. The van der Waals surface area contributed by atoms with Gasteiger partial charge in [0.25, 0.3) is 5.91 Å². The molecule has 1 aromatic carbocycles. The van der Waals surface area contributed by atoms with Crippen LogP contribution in [-0.2, 0) is 0 Å². The van der Waals surface area contributed by atoms with Crippen molar-refractivity contribution in [1.29, 1.82) is 0 Å². The number of rotatable bonds is 4. The zero-order valence-corrected chi connectivity index (χ0v) is 13.0. The van der Waals surface area contributed by atoms with Crippen molar-refractivity contribution in [3.8, 4) is 11.3 Å². The lowest BCUT2D eigenvalue weighted by Gasteiger charge is -2.09. The van der Waals surface area contributed by atoms with Crippen molar-refractivity contribution in [1.82, 2.24) is 15.0 Å². The number of amides is 2. The fourth-order valence-electron chi connectivity index (χ4n) is 2.16. The van der Waals surface area contributed by atoms with Gasteiger partial charge in [-0.25, -0.2) is 9.97 Å². The summed E-state index contributed by atoms with van der Waals surface area (Å²) in [5, 5.41) is 2.63. The number of pyridine rings is 1. The van der Waals surface area contributed by atoms with E-state index in [1.807, 2.05) is 0 Å². The Hall–Kier alpha value is -3.81. The maximum Gasteiger partial charge on any atom is 0.278 e. The number of carbonyl (C=O) groups excluding carboxylic acids is 2. The van der Waals surface area contributed by atoms with E-state index in [9.17, 15) is 9.59 Å². The number of primary amides is 1. The quantitative estimate of drug-likeness (QED) is 0.661. The molecule has 124 valence electrons. The molecule has 0 unspecified atom stereocenters. The van der Waals surface area contributed by atoms with E-state index in [1.165, 1.54) is 12.3 Å². The Morgan fingerprint density at radius 1 is 1.08 bits per heavy atom. The van der Waals surface area contributed by atoms with E-state index in [1.54, 1.807) is 42.7 Å². The van der Waals surface area contributed by atoms with E-state index in [0.717, 1.165) is 0 Å². The Balaban J connectivity index is 1.89. The highest BCUT2D eigenvalue weighted by Gasteiger charge is 2.15. The summed E-state index contributed by atoms with van der Waals surface area (Å²) in [7, 11) is 0. The number of carbonyl (C=O) groups is 2. The molecule has 2 aromatic heterocycles. The van der Waals surface area contributed by atoms with Gasteiger partial charge in [-0.3, -0.25) is 14.6 Å². The molecule has 2 heterocycles. The molecule has 3 aromatic rings. The second kappa shape index (κ2) is 6.75. The third-order valence-corrected chi connectivity index (χ3v) is 3.38. The van der Waals surface area contributed by atoms with Crippen LogP contribution in [0.3, 0.4) is 0 Å². The molecule has 0 fully saturated rings. The lowest BCUT2D eigenvalue weighted by Crippen LogP contribution is -2.18. The van der Waals surface area contributed by atoms with Gasteiger partial charge in [-0.15, -0.1) is 0 Å². The molecule has 0 bridgehead atoms. The van der Waals surface area contributed by atoms with Gasteiger partial charge in [-0.2, -0.15) is 0 Å². The van der Waals surface area contributed by atoms with E-state index in [2.05, 4.69) is 20.3 Å². The van der Waals surface area contributed by atoms with Gasteiger partial charge in [-0.1, -0.05) is 6.07 Å². The highest BCUT2D eigenvalue weighted by atomic mass is 16.2. The van der Waals surface area contributed by atoms with Gasteiger partial charge >= 0.3 is 0 Å². The third-order valence-electron chi connectivity index (χ3n) is 3.38. The average Bonchev–Trinajstić information content (AvgIpc) is 2.63. The molecule has 8 nitrogen and oxygen atoms in total. The Kier molecular flexibility index (Phi) is 4.34. The number of nitrogens with one attached hydrogen (secondary N) is 1.